The Bertz CT molecular complexity index is 1560. The van der Waals surface area contributed by atoms with Gasteiger partial charge in [0.1, 0.15) is 17.2 Å². The number of fused-ring (bicyclic) bond motifs is 1. The van der Waals surface area contributed by atoms with Crippen LogP contribution in [-0.4, -0.2) is 18.5 Å². The molecule has 0 spiro atoms. The lowest BCUT2D eigenvalue weighted by atomic mass is 9.99. The zero-order valence-electron chi connectivity index (χ0n) is 25.3. The van der Waals surface area contributed by atoms with E-state index in [0.29, 0.717) is 18.1 Å². The van der Waals surface area contributed by atoms with Crippen LogP contribution in [0.5, 0.6) is 17.2 Å². The molecule has 4 rings (SSSR count). The fraction of sp³-hybridized carbons (Fsp3) is 0.263. The van der Waals surface area contributed by atoms with Gasteiger partial charge in [-0.25, -0.2) is 0 Å². The van der Waals surface area contributed by atoms with Crippen molar-refractivity contribution in [2.24, 2.45) is 0 Å². The van der Waals surface area contributed by atoms with Crippen LogP contribution < -0.4 is 14.2 Å². The highest BCUT2D eigenvalue weighted by molar-refractivity contribution is 5.96. The van der Waals surface area contributed by atoms with Crippen LogP contribution in [0.2, 0.25) is 0 Å². The van der Waals surface area contributed by atoms with Crippen molar-refractivity contribution < 1.29 is 23.8 Å². The third-order valence-corrected chi connectivity index (χ3v) is 7.00. The Kier molecular flexibility index (Phi) is 11.7. The predicted molar refractivity (Wildman–Crippen MR) is 176 cm³/mol. The fourth-order valence-electron chi connectivity index (χ4n) is 4.82. The van der Waals surface area contributed by atoms with Crippen molar-refractivity contribution in [2.75, 3.05) is 6.61 Å². The van der Waals surface area contributed by atoms with E-state index in [1.54, 1.807) is 24.3 Å². The van der Waals surface area contributed by atoms with Crippen molar-refractivity contribution in [3.63, 3.8) is 0 Å². The molecule has 0 N–H and O–H groups in total. The first-order valence-corrected chi connectivity index (χ1v) is 15.0. The van der Waals surface area contributed by atoms with E-state index in [-0.39, 0.29) is 11.9 Å². The molecule has 0 atom stereocenters. The van der Waals surface area contributed by atoms with Gasteiger partial charge in [0.25, 0.3) is 0 Å². The van der Waals surface area contributed by atoms with Crippen molar-refractivity contribution in [1.29, 1.82) is 0 Å². The van der Waals surface area contributed by atoms with E-state index < -0.39 is 0 Å². The lowest BCUT2D eigenvalue weighted by Crippen LogP contribution is -2.00. The number of ether oxygens (including phenoxy) is 3. The normalized spacial score (nSPS) is 11.3. The summed E-state index contributed by atoms with van der Waals surface area (Å²) in [5, 5.41) is 2.22. The number of hydrogen-bond acceptors (Lipinski definition) is 5. The molecule has 0 radical (unpaired) electrons. The minimum Gasteiger partial charge on any atom is -0.493 e. The molecule has 0 saturated heterocycles. The van der Waals surface area contributed by atoms with Gasteiger partial charge >= 0.3 is 11.9 Å². The zero-order valence-corrected chi connectivity index (χ0v) is 25.3. The smallest absolute Gasteiger partial charge is 0.308 e. The van der Waals surface area contributed by atoms with Gasteiger partial charge in [0.15, 0.2) is 0 Å². The summed E-state index contributed by atoms with van der Waals surface area (Å²) in [5.74, 6) is 1.26. The number of carbonyl (C=O) groups is 2. The van der Waals surface area contributed by atoms with Crippen molar-refractivity contribution in [3.05, 3.63) is 101 Å². The molecule has 0 aliphatic carbocycles. The third-order valence-electron chi connectivity index (χ3n) is 7.00. The molecule has 222 valence electrons. The number of rotatable bonds is 14. The zero-order chi connectivity index (χ0) is 30.4. The summed E-state index contributed by atoms with van der Waals surface area (Å²) in [7, 11) is 0. The average Bonchev–Trinajstić information content (AvgIpc) is 2.99. The largest absolute Gasteiger partial charge is 0.493 e. The maximum Gasteiger partial charge on any atom is 0.308 e. The first kappa shape index (κ1) is 31.3. The lowest BCUT2D eigenvalue weighted by Gasteiger charge is -2.13. The minimum absolute atomic E-state index is 0.332. The number of benzene rings is 4. The molecule has 4 aromatic carbocycles. The van der Waals surface area contributed by atoms with E-state index in [1.165, 1.54) is 46.0 Å². The SMILES string of the molecule is CCCCCCCCOc1ccc2cc(/C=C/c3ccc(OC(C)=O)cc3)ccc2c1/C=C/c1ccc(OC(C)=O)cc1. The summed E-state index contributed by atoms with van der Waals surface area (Å²) >= 11 is 0. The Labute approximate surface area is 254 Å². The molecular formula is C38H40O5. The summed E-state index contributed by atoms with van der Waals surface area (Å²) in [5.41, 5.74) is 4.12. The summed E-state index contributed by atoms with van der Waals surface area (Å²) in [4.78, 5) is 22.4. The fourth-order valence-corrected chi connectivity index (χ4v) is 4.82. The molecule has 5 nitrogen and oxygen atoms in total. The van der Waals surface area contributed by atoms with E-state index in [1.807, 2.05) is 30.3 Å². The van der Waals surface area contributed by atoms with E-state index in [0.717, 1.165) is 45.2 Å². The second-order valence-corrected chi connectivity index (χ2v) is 10.6. The topological polar surface area (TPSA) is 61.8 Å². The number of hydrogen-bond donors (Lipinski definition) is 0. The van der Waals surface area contributed by atoms with Gasteiger partial charge in [0.2, 0.25) is 0 Å². The first-order chi connectivity index (χ1) is 20.9. The monoisotopic (exact) mass is 576 g/mol. The molecule has 5 heteroatoms. The van der Waals surface area contributed by atoms with Crippen LogP contribution in [0.3, 0.4) is 0 Å². The van der Waals surface area contributed by atoms with Crippen molar-refractivity contribution >= 4 is 47.0 Å². The average molecular weight is 577 g/mol. The Balaban J connectivity index is 1.55. The Morgan fingerprint density at radius 1 is 0.605 bits per heavy atom. The number of carbonyl (C=O) groups excluding carboxylic acids is 2. The van der Waals surface area contributed by atoms with E-state index in [2.05, 4.69) is 55.5 Å². The molecule has 0 unspecified atom stereocenters. The van der Waals surface area contributed by atoms with Crippen LogP contribution in [-0.2, 0) is 9.59 Å². The molecule has 0 saturated carbocycles. The van der Waals surface area contributed by atoms with Crippen LogP contribution in [0.15, 0.2) is 78.9 Å². The quantitative estimate of drug-likeness (QED) is 0.0647. The van der Waals surface area contributed by atoms with Crippen LogP contribution >= 0.6 is 0 Å². The van der Waals surface area contributed by atoms with Crippen molar-refractivity contribution in [3.8, 4) is 17.2 Å². The molecule has 0 amide bonds. The van der Waals surface area contributed by atoms with Crippen LogP contribution in [0, 0.1) is 0 Å². The molecule has 0 fully saturated rings. The highest BCUT2D eigenvalue weighted by atomic mass is 16.5. The molecule has 43 heavy (non-hydrogen) atoms. The summed E-state index contributed by atoms with van der Waals surface area (Å²) < 4.78 is 16.6. The predicted octanol–water partition coefficient (Wildman–Crippen LogP) is 9.77. The van der Waals surface area contributed by atoms with Crippen molar-refractivity contribution in [2.45, 2.75) is 59.3 Å². The van der Waals surface area contributed by atoms with E-state index in [4.69, 9.17) is 14.2 Å². The highest BCUT2D eigenvalue weighted by Gasteiger charge is 2.08. The Hall–Kier alpha value is -4.64. The number of unbranched alkanes of at least 4 members (excludes halogenated alkanes) is 5. The highest BCUT2D eigenvalue weighted by Crippen LogP contribution is 2.32. The van der Waals surface area contributed by atoms with Gasteiger partial charge in [-0.2, -0.15) is 0 Å². The maximum atomic E-state index is 11.3. The van der Waals surface area contributed by atoms with Gasteiger partial charge in [-0.3, -0.25) is 9.59 Å². The van der Waals surface area contributed by atoms with Gasteiger partial charge in [0, 0.05) is 19.4 Å². The minimum atomic E-state index is -0.336. The third kappa shape index (κ3) is 10.00. The molecule has 0 aliphatic rings. The van der Waals surface area contributed by atoms with E-state index >= 15 is 0 Å². The van der Waals surface area contributed by atoms with Gasteiger partial charge in [-0.15, -0.1) is 0 Å². The molecule has 0 aliphatic heterocycles. The molecule has 4 aromatic rings. The molecule has 0 heterocycles. The number of esters is 2. The van der Waals surface area contributed by atoms with Gasteiger partial charge in [-0.05, 0) is 70.3 Å². The summed E-state index contributed by atoms with van der Waals surface area (Å²) in [6, 6.07) is 25.5. The van der Waals surface area contributed by atoms with Gasteiger partial charge in [-0.1, -0.05) is 106 Å². The van der Waals surface area contributed by atoms with Crippen molar-refractivity contribution in [1.82, 2.24) is 0 Å². The Morgan fingerprint density at radius 3 is 1.74 bits per heavy atom. The van der Waals surface area contributed by atoms with Gasteiger partial charge < -0.3 is 14.2 Å². The van der Waals surface area contributed by atoms with Crippen LogP contribution in [0.4, 0.5) is 0 Å². The summed E-state index contributed by atoms with van der Waals surface area (Å²) in [6.07, 6.45) is 15.5. The maximum absolute atomic E-state index is 11.3. The lowest BCUT2D eigenvalue weighted by molar-refractivity contribution is -0.132. The van der Waals surface area contributed by atoms with Crippen LogP contribution in [0.25, 0.3) is 35.1 Å². The first-order valence-electron chi connectivity index (χ1n) is 15.0. The molecule has 0 bridgehead atoms. The standard InChI is InChI=1S/C38H40O5/c1-4-5-6-7-8-9-26-41-38-25-18-33-27-32(11-10-30-12-19-34(20-13-30)42-28(2)39)17-23-36(33)37(38)24-16-31-14-21-35(22-15-31)43-29(3)40/h10-25,27H,4-9,26H2,1-3H3/b11-10+,24-16+. The summed E-state index contributed by atoms with van der Waals surface area (Å²) in [6.45, 7) is 5.71. The van der Waals surface area contributed by atoms with E-state index in [9.17, 15) is 9.59 Å². The van der Waals surface area contributed by atoms with Gasteiger partial charge in [0.05, 0.1) is 6.61 Å². The molecule has 0 aromatic heterocycles. The molecular weight excluding hydrogens is 536 g/mol. The second kappa shape index (κ2) is 16.1. The Morgan fingerprint density at radius 2 is 1.14 bits per heavy atom. The second-order valence-electron chi connectivity index (χ2n) is 10.6. The van der Waals surface area contributed by atoms with Crippen LogP contribution in [0.1, 0.15) is 81.5 Å².